The summed E-state index contributed by atoms with van der Waals surface area (Å²) in [6, 6.07) is 0.437. The molecule has 0 atom stereocenters. The number of rotatable bonds is 6. The monoisotopic (exact) mass is 269 g/mol. The predicted molar refractivity (Wildman–Crippen MR) is 74.7 cm³/mol. The number of hydrogen-bond acceptors (Lipinski definition) is 4. The topological polar surface area (TPSA) is 78.3 Å². The van der Waals surface area contributed by atoms with Gasteiger partial charge in [-0.25, -0.2) is 4.79 Å². The minimum Gasteiger partial charge on any atom is -0.494 e. The van der Waals surface area contributed by atoms with Crippen molar-refractivity contribution in [3.63, 3.8) is 0 Å². The number of aromatic nitrogens is 2. The summed E-state index contributed by atoms with van der Waals surface area (Å²) in [5.74, 6) is -0.205. The molecule has 2 N–H and O–H groups in total. The first-order valence-electron chi connectivity index (χ1n) is 6.63. The average Bonchev–Trinajstić information content (AvgIpc) is 2.33. The SMILES string of the molecule is CCc1c(O)n(CCCN(C)C(C)C)c(=O)[nH]c1=O. The van der Waals surface area contributed by atoms with Crippen molar-refractivity contribution in [2.45, 2.75) is 46.2 Å². The first-order chi connectivity index (χ1) is 8.88. The molecular weight excluding hydrogens is 246 g/mol. The van der Waals surface area contributed by atoms with E-state index >= 15 is 0 Å². The number of H-pyrrole nitrogens is 1. The molecule has 0 aromatic carbocycles. The molecule has 0 aliphatic carbocycles. The van der Waals surface area contributed by atoms with Crippen molar-refractivity contribution >= 4 is 0 Å². The minimum atomic E-state index is -0.549. The van der Waals surface area contributed by atoms with E-state index in [0.717, 1.165) is 13.0 Å². The maximum absolute atomic E-state index is 11.7. The molecule has 19 heavy (non-hydrogen) atoms. The van der Waals surface area contributed by atoms with Crippen LogP contribution in [0.1, 0.15) is 32.8 Å². The lowest BCUT2D eigenvalue weighted by molar-refractivity contribution is 0.261. The molecule has 0 saturated heterocycles. The third kappa shape index (κ3) is 3.70. The predicted octanol–water partition coefficient (Wildman–Crippen LogP) is 0.535. The molecule has 0 unspecified atom stereocenters. The van der Waals surface area contributed by atoms with Gasteiger partial charge in [0, 0.05) is 12.6 Å². The van der Waals surface area contributed by atoms with E-state index in [4.69, 9.17) is 0 Å². The zero-order valence-corrected chi connectivity index (χ0v) is 12.1. The molecule has 6 heteroatoms. The van der Waals surface area contributed by atoms with E-state index in [1.165, 1.54) is 4.57 Å². The van der Waals surface area contributed by atoms with Gasteiger partial charge in [-0.1, -0.05) is 6.92 Å². The van der Waals surface area contributed by atoms with Crippen LogP contribution >= 0.6 is 0 Å². The van der Waals surface area contributed by atoms with E-state index in [-0.39, 0.29) is 11.4 Å². The highest BCUT2D eigenvalue weighted by atomic mass is 16.3. The standard InChI is InChI=1S/C13H23N3O3/c1-5-10-11(17)14-13(19)16(12(10)18)8-6-7-15(4)9(2)3/h9,18H,5-8H2,1-4H3,(H,14,17,19). The highest BCUT2D eigenvalue weighted by molar-refractivity contribution is 5.22. The van der Waals surface area contributed by atoms with Crippen LogP contribution in [-0.4, -0.2) is 39.2 Å². The number of hydrogen-bond donors (Lipinski definition) is 2. The third-order valence-electron chi connectivity index (χ3n) is 3.39. The van der Waals surface area contributed by atoms with Crippen molar-refractivity contribution in [3.8, 4) is 5.88 Å². The molecule has 6 nitrogen and oxygen atoms in total. The van der Waals surface area contributed by atoms with Gasteiger partial charge in [-0.3, -0.25) is 14.3 Å². The van der Waals surface area contributed by atoms with Crippen LogP contribution in [0.5, 0.6) is 5.88 Å². The van der Waals surface area contributed by atoms with Gasteiger partial charge in [-0.15, -0.1) is 0 Å². The second-order valence-corrected chi connectivity index (χ2v) is 4.99. The largest absolute Gasteiger partial charge is 0.494 e. The van der Waals surface area contributed by atoms with Gasteiger partial charge in [0.2, 0.25) is 5.88 Å². The van der Waals surface area contributed by atoms with E-state index < -0.39 is 11.2 Å². The molecule has 0 amide bonds. The number of aromatic amines is 1. The van der Waals surface area contributed by atoms with Crippen LogP contribution in [0.4, 0.5) is 0 Å². The lowest BCUT2D eigenvalue weighted by Gasteiger charge is -2.21. The summed E-state index contributed by atoms with van der Waals surface area (Å²) in [5.41, 5.74) is -0.788. The van der Waals surface area contributed by atoms with Gasteiger partial charge < -0.3 is 10.0 Å². The normalized spacial score (nSPS) is 11.5. The van der Waals surface area contributed by atoms with Gasteiger partial charge in [-0.2, -0.15) is 0 Å². The Morgan fingerprint density at radius 3 is 2.53 bits per heavy atom. The van der Waals surface area contributed by atoms with Crippen molar-refractivity contribution in [2.24, 2.45) is 0 Å². The van der Waals surface area contributed by atoms with Crippen molar-refractivity contribution in [2.75, 3.05) is 13.6 Å². The van der Waals surface area contributed by atoms with Crippen molar-refractivity contribution in [1.29, 1.82) is 0 Å². The van der Waals surface area contributed by atoms with Crippen molar-refractivity contribution in [1.82, 2.24) is 14.5 Å². The van der Waals surface area contributed by atoms with E-state index in [1.54, 1.807) is 6.92 Å². The summed E-state index contributed by atoms with van der Waals surface area (Å²) >= 11 is 0. The van der Waals surface area contributed by atoms with E-state index in [0.29, 0.717) is 19.0 Å². The van der Waals surface area contributed by atoms with Gasteiger partial charge in [0.05, 0.1) is 5.56 Å². The molecule has 0 aliphatic rings. The quantitative estimate of drug-likeness (QED) is 0.790. The number of aromatic hydroxyl groups is 1. The molecule has 0 saturated carbocycles. The zero-order chi connectivity index (χ0) is 14.6. The summed E-state index contributed by atoms with van der Waals surface area (Å²) in [5, 5.41) is 9.95. The first-order valence-corrected chi connectivity index (χ1v) is 6.63. The fourth-order valence-corrected chi connectivity index (χ4v) is 1.86. The average molecular weight is 269 g/mol. The Labute approximate surface area is 112 Å². The van der Waals surface area contributed by atoms with Crippen LogP contribution in [0.2, 0.25) is 0 Å². The van der Waals surface area contributed by atoms with Crippen LogP contribution < -0.4 is 11.2 Å². The molecule has 108 valence electrons. The molecule has 0 fully saturated rings. The van der Waals surface area contributed by atoms with E-state index in [9.17, 15) is 14.7 Å². The maximum Gasteiger partial charge on any atom is 0.331 e. The Morgan fingerprint density at radius 1 is 1.37 bits per heavy atom. The van der Waals surface area contributed by atoms with Crippen LogP contribution in [0.3, 0.4) is 0 Å². The van der Waals surface area contributed by atoms with E-state index in [1.807, 2.05) is 7.05 Å². The zero-order valence-electron chi connectivity index (χ0n) is 12.1. The highest BCUT2D eigenvalue weighted by Gasteiger charge is 2.12. The summed E-state index contributed by atoms with van der Waals surface area (Å²) in [4.78, 5) is 27.6. The molecule has 1 rings (SSSR count). The van der Waals surface area contributed by atoms with Crippen LogP contribution in [0, 0.1) is 0 Å². The Balaban J connectivity index is 2.85. The highest BCUT2D eigenvalue weighted by Crippen LogP contribution is 2.10. The summed E-state index contributed by atoms with van der Waals surface area (Å²) in [7, 11) is 2.01. The fraction of sp³-hybridized carbons (Fsp3) is 0.692. The smallest absolute Gasteiger partial charge is 0.331 e. The Bertz CT molecular complexity index is 531. The first kappa shape index (κ1) is 15.5. The summed E-state index contributed by atoms with van der Waals surface area (Å²) < 4.78 is 1.23. The Hall–Kier alpha value is -1.56. The second kappa shape index (κ2) is 6.56. The van der Waals surface area contributed by atoms with Crippen LogP contribution in [0.15, 0.2) is 9.59 Å². The number of nitrogens with one attached hydrogen (secondary N) is 1. The van der Waals surface area contributed by atoms with Gasteiger partial charge in [0.25, 0.3) is 5.56 Å². The number of nitrogens with zero attached hydrogens (tertiary/aromatic N) is 2. The van der Waals surface area contributed by atoms with Crippen LogP contribution in [-0.2, 0) is 13.0 Å². The Morgan fingerprint density at radius 2 is 2.00 bits per heavy atom. The van der Waals surface area contributed by atoms with Crippen LogP contribution in [0.25, 0.3) is 0 Å². The molecule has 0 aliphatic heterocycles. The summed E-state index contributed by atoms with van der Waals surface area (Å²) in [6.07, 6.45) is 1.13. The van der Waals surface area contributed by atoms with E-state index in [2.05, 4.69) is 23.7 Å². The lowest BCUT2D eigenvalue weighted by Crippen LogP contribution is -2.33. The molecule has 1 heterocycles. The molecule has 0 radical (unpaired) electrons. The lowest BCUT2D eigenvalue weighted by atomic mass is 10.2. The maximum atomic E-state index is 11.7. The van der Waals surface area contributed by atoms with Gasteiger partial charge >= 0.3 is 5.69 Å². The molecule has 0 spiro atoms. The van der Waals surface area contributed by atoms with Gasteiger partial charge in [0.1, 0.15) is 0 Å². The second-order valence-electron chi connectivity index (χ2n) is 4.99. The molecule has 1 aromatic rings. The Kier molecular flexibility index (Phi) is 5.35. The third-order valence-corrected chi connectivity index (χ3v) is 3.39. The van der Waals surface area contributed by atoms with Gasteiger partial charge in [-0.05, 0) is 40.3 Å². The minimum absolute atomic E-state index is 0.205. The molecular formula is C13H23N3O3. The molecule has 0 bridgehead atoms. The fourth-order valence-electron chi connectivity index (χ4n) is 1.86. The van der Waals surface area contributed by atoms with Crippen molar-refractivity contribution < 1.29 is 5.11 Å². The van der Waals surface area contributed by atoms with Crippen molar-refractivity contribution in [3.05, 3.63) is 26.4 Å². The molecule has 1 aromatic heterocycles. The van der Waals surface area contributed by atoms with Gasteiger partial charge in [0.15, 0.2) is 0 Å². The summed E-state index contributed by atoms with van der Waals surface area (Å²) in [6.45, 7) is 7.18.